The van der Waals surface area contributed by atoms with Gasteiger partial charge in [0.25, 0.3) is 10.0 Å². The smallest absolute Gasteiger partial charge is 0.368 e. The van der Waals surface area contributed by atoms with Gasteiger partial charge in [-0.1, -0.05) is 42.5 Å². The minimum Gasteiger partial charge on any atom is -0.368 e. The highest BCUT2D eigenvalue weighted by atomic mass is 32.2. The van der Waals surface area contributed by atoms with Gasteiger partial charge in [0.1, 0.15) is 6.54 Å². The van der Waals surface area contributed by atoms with Crippen LogP contribution in [-0.4, -0.2) is 51.9 Å². The lowest BCUT2D eigenvalue weighted by molar-refractivity contribution is -0.137. The Kier molecular flexibility index (Phi) is 7.26. The largest absolute Gasteiger partial charge is 0.416 e. The number of piperazine rings is 1. The fourth-order valence-electron chi connectivity index (χ4n) is 4.18. The van der Waals surface area contributed by atoms with Crippen molar-refractivity contribution in [1.82, 2.24) is 4.90 Å². The summed E-state index contributed by atoms with van der Waals surface area (Å²) < 4.78 is 67.4. The highest BCUT2D eigenvalue weighted by molar-refractivity contribution is 7.92. The molecule has 36 heavy (non-hydrogen) atoms. The predicted octanol–water partition coefficient (Wildman–Crippen LogP) is 4.56. The molecular weight excluding hydrogens is 491 g/mol. The molecule has 0 atom stereocenters. The molecule has 0 aliphatic carbocycles. The molecule has 3 aromatic rings. The number of carbonyl (C=O) groups is 1. The Labute approximate surface area is 208 Å². The Hall–Kier alpha value is -3.53. The van der Waals surface area contributed by atoms with E-state index in [0.717, 1.165) is 16.4 Å². The number of anilines is 2. The lowest BCUT2D eigenvalue weighted by atomic mass is 10.1. The summed E-state index contributed by atoms with van der Waals surface area (Å²) in [6.45, 7) is 2.60. The second-order valence-corrected chi connectivity index (χ2v) is 10.4. The highest BCUT2D eigenvalue weighted by Gasteiger charge is 2.33. The number of halogens is 3. The van der Waals surface area contributed by atoms with E-state index < -0.39 is 21.8 Å². The van der Waals surface area contributed by atoms with E-state index in [2.05, 4.69) is 0 Å². The van der Waals surface area contributed by atoms with Gasteiger partial charge >= 0.3 is 6.18 Å². The minimum atomic E-state index is -4.43. The zero-order valence-corrected chi connectivity index (χ0v) is 20.5. The third-order valence-corrected chi connectivity index (χ3v) is 7.94. The monoisotopic (exact) mass is 517 g/mol. The van der Waals surface area contributed by atoms with Gasteiger partial charge in [-0.2, -0.15) is 13.2 Å². The van der Waals surface area contributed by atoms with Crippen molar-refractivity contribution in [2.24, 2.45) is 0 Å². The molecule has 1 fully saturated rings. The molecule has 4 rings (SSSR count). The summed E-state index contributed by atoms with van der Waals surface area (Å²) >= 11 is 0. The molecule has 0 spiro atoms. The topological polar surface area (TPSA) is 60.9 Å². The summed E-state index contributed by atoms with van der Waals surface area (Å²) in [5.74, 6) is -0.374. The molecule has 1 aliphatic rings. The van der Waals surface area contributed by atoms with Crippen LogP contribution in [0.4, 0.5) is 24.5 Å². The van der Waals surface area contributed by atoms with Gasteiger partial charge in [0.2, 0.25) is 5.91 Å². The molecule has 190 valence electrons. The molecule has 0 radical (unpaired) electrons. The lowest BCUT2D eigenvalue weighted by Gasteiger charge is -2.37. The van der Waals surface area contributed by atoms with Crippen LogP contribution in [0.1, 0.15) is 11.1 Å². The first-order valence-corrected chi connectivity index (χ1v) is 12.8. The first-order chi connectivity index (χ1) is 17.1. The van der Waals surface area contributed by atoms with Crippen molar-refractivity contribution < 1.29 is 26.4 Å². The van der Waals surface area contributed by atoms with E-state index >= 15 is 0 Å². The Balaban J connectivity index is 1.51. The van der Waals surface area contributed by atoms with Crippen molar-refractivity contribution in [3.8, 4) is 0 Å². The molecule has 1 heterocycles. The first kappa shape index (κ1) is 25.6. The van der Waals surface area contributed by atoms with E-state index in [0.29, 0.717) is 30.0 Å². The van der Waals surface area contributed by atoms with E-state index in [1.54, 1.807) is 65.3 Å². The van der Waals surface area contributed by atoms with E-state index in [4.69, 9.17) is 0 Å². The third-order valence-electron chi connectivity index (χ3n) is 6.17. The molecule has 0 aromatic heterocycles. The van der Waals surface area contributed by atoms with Crippen molar-refractivity contribution in [1.29, 1.82) is 0 Å². The Morgan fingerprint density at radius 2 is 1.53 bits per heavy atom. The molecule has 10 heteroatoms. The van der Waals surface area contributed by atoms with E-state index in [-0.39, 0.29) is 30.4 Å². The molecular formula is C26H26F3N3O3S. The predicted molar refractivity (Wildman–Crippen MR) is 132 cm³/mol. The minimum absolute atomic E-state index is 0.0791. The van der Waals surface area contributed by atoms with E-state index in [1.165, 1.54) is 18.2 Å². The van der Waals surface area contributed by atoms with Crippen LogP contribution in [0, 0.1) is 6.92 Å². The summed E-state index contributed by atoms with van der Waals surface area (Å²) in [5, 5.41) is 0. The zero-order valence-electron chi connectivity index (χ0n) is 19.6. The van der Waals surface area contributed by atoms with Crippen LogP contribution < -0.4 is 9.21 Å². The number of rotatable bonds is 6. The second-order valence-electron chi connectivity index (χ2n) is 8.53. The molecule has 3 aromatic carbocycles. The standard InChI is InChI=1S/C26H26F3N3O3S/c1-20-8-5-6-13-24(20)32(36(34,35)23-11-3-2-4-12-23)19-25(33)31-16-14-30(15-17-31)22-10-7-9-21(18-22)26(27,28)29/h2-13,18H,14-17,19H2,1H3. The van der Waals surface area contributed by atoms with Gasteiger partial charge < -0.3 is 9.80 Å². The fourth-order valence-corrected chi connectivity index (χ4v) is 5.68. The van der Waals surface area contributed by atoms with E-state index in [1.807, 2.05) is 0 Å². The van der Waals surface area contributed by atoms with Crippen molar-refractivity contribution in [3.05, 3.63) is 90.0 Å². The number of hydrogen-bond donors (Lipinski definition) is 0. The summed E-state index contributed by atoms with van der Waals surface area (Å²) in [4.78, 5) is 16.7. The molecule has 0 saturated carbocycles. The Bertz CT molecular complexity index is 1320. The molecule has 0 unspecified atom stereocenters. The molecule has 6 nitrogen and oxygen atoms in total. The van der Waals surface area contributed by atoms with Gasteiger partial charge in [-0.25, -0.2) is 8.42 Å². The number of aryl methyl sites for hydroxylation is 1. The quantitative estimate of drug-likeness (QED) is 0.481. The van der Waals surface area contributed by atoms with Gasteiger partial charge in [-0.3, -0.25) is 9.10 Å². The normalized spacial score (nSPS) is 14.6. The lowest BCUT2D eigenvalue weighted by Crippen LogP contribution is -2.52. The van der Waals surface area contributed by atoms with Gasteiger partial charge in [0.05, 0.1) is 16.1 Å². The molecule has 1 aliphatic heterocycles. The Morgan fingerprint density at radius 3 is 2.17 bits per heavy atom. The zero-order chi connectivity index (χ0) is 25.9. The molecule has 1 amide bonds. The number of nitrogens with zero attached hydrogens (tertiary/aromatic N) is 3. The SMILES string of the molecule is Cc1ccccc1N(CC(=O)N1CCN(c2cccc(C(F)(F)F)c2)CC1)S(=O)(=O)c1ccccc1. The van der Waals surface area contributed by atoms with Crippen molar-refractivity contribution in [2.45, 2.75) is 18.0 Å². The molecule has 0 bridgehead atoms. The van der Waals surface area contributed by atoms with Gasteiger partial charge in [-0.05, 0) is 48.9 Å². The number of benzene rings is 3. The van der Waals surface area contributed by atoms with Crippen molar-refractivity contribution >= 4 is 27.3 Å². The highest BCUT2D eigenvalue weighted by Crippen LogP contribution is 2.32. The molecule has 0 N–H and O–H groups in total. The van der Waals surface area contributed by atoms with Crippen LogP contribution in [-0.2, 0) is 21.0 Å². The summed E-state index contributed by atoms with van der Waals surface area (Å²) in [5.41, 5.74) is 0.833. The second kappa shape index (κ2) is 10.2. The number of alkyl halides is 3. The van der Waals surface area contributed by atoms with Crippen LogP contribution in [0.3, 0.4) is 0 Å². The number of amides is 1. The third kappa shape index (κ3) is 5.48. The average Bonchev–Trinajstić information content (AvgIpc) is 2.88. The summed E-state index contributed by atoms with van der Waals surface area (Å²) in [6, 6.07) is 20.0. The maximum absolute atomic E-state index is 13.5. The summed E-state index contributed by atoms with van der Waals surface area (Å²) in [7, 11) is -4.01. The number of para-hydroxylation sites is 1. The van der Waals surface area contributed by atoms with Crippen molar-refractivity contribution in [3.63, 3.8) is 0 Å². The van der Waals surface area contributed by atoms with Crippen LogP contribution in [0.15, 0.2) is 83.8 Å². The number of sulfonamides is 1. The van der Waals surface area contributed by atoms with Gasteiger partial charge in [-0.15, -0.1) is 0 Å². The fraction of sp³-hybridized carbons (Fsp3) is 0.269. The van der Waals surface area contributed by atoms with Gasteiger partial charge in [0, 0.05) is 31.9 Å². The van der Waals surface area contributed by atoms with Crippen molar-refractivity contribution in [2.75, 3.05) is 41.9 Å². The first-order valence-electron chi connectivity index (χ1n) is 11.4. The van der Waals surface area contributed by atoms with E-state index in [9.17, 15) is 26.4 Å². The maximum atomic E-state index is 13.5. The number of carbonyl (C=O) groups excluding carboxylic acids is 1. The number of hydrogen-bond acceptors (Lipinski definition) is 4. The maximum Gasteiger partial charge on any atom is 0.416 e. The summed E-state index contributed by atoms with van der Waals surface area (Å²) in [6.07, 6.45) is -4.43. The van der Waals surface area contributed by atoms with Crippen LogP contribution in [0.5, 0.6) is 0 Å². The van der Waals surface area contributed by atoms with Crippen LogP contribution in [0.2, 0.25) is 0 Å². The Morgan fingerprint density at radius 1 is 0.889 bits per heavy atom. The van der Waals surface area contributed by atoms with Gasteiger partial charge in [0.15, 0.2) is 0 Å². The van der Waals surface area contributed by atoms with Crippen LogP contribution >= 0.6 is 0 Å². The van der Waals surface area contributed by atoms with Crippen LogP contribution in [0.25, 0.3) is 0 Å². The average molecular weight is 518 g/mol. The molecule has 1 saturated heterocycles.